The van der Waals surface area contributed by atoms with Crippen molar-refractivity contribution in [1.29, 1.82) is 0 Å². The summed E-state index contributed by atoms with van der Waals surface area (Å²) >= 11 is 0. The number of carboxylic acid groups (broad SMARTS) is 1. The molecular weight excluding hydrogens is 380 g/mol. The molecule has 0 radical (unpaired) electrons. The Morgan fingerprint density at radius 3 is 2.30 bits per heavy atom. The summed E-state index contributed by atoms with van der Waals surface area (Å²) in [4.78, 5) is 12.7. The Hall–Kier alpha value is -1.79. The molecule has 2 aliphatic heterocycles. The van der Waals surface area contributed by atoms with Crippen LogP contribution in [0.5, 0.6) is 11.5 Å². The zero-order chi connectivity index (χ0) is 22.4. The van der Waals surface area contributed by atoms with Crippen LogP contribution in [0.15, 0.2) is 12.1 Å². The summed E-state index contributed by atoms with van der Waals surface area (Å²) in [6.07, 6.45) is 5.12. The fourth-order valence-corrected chi connectivity index (χ4v) is 4.60. The smallest absolute Gasteiger partial charge is 0.320 e. The zero-order valence-corrected chi connectivity index (χ0v) is 19.5. The molecule has 0 spiro atoms. The number of rotatable bonds is 6. The van der Waals surface area contributed by atoms with Crippen LogP contribution in [-0.4, -0.2) is 49.3 Å². The van der Waals surface area contributed by atoms with E-state index in [9.17, 15) is 4.79 Å². The first-order valence-electron chi connectivity index (χ1n) is 11.1. The molecule has 3 atom stereocenters. The summed E-state index contributed by atoms with van der Waals surface area (Å²) in [7, 11) is 3.45. The van der Waals surface area contributed by atoms with Crippen molar-refractivity contribution in [3.8, 4) is 11.5 Å². The molecule has 30 heavy (non-hydrogen) atoms. The molecule has 0 saturated carbocycles. The molecule has 1 fully saturated rings. The number of nitrogens with zero attached hydrogens (tertiary/aromatic N) is 1. The second kappa shape index (κ2) is 11.0. The van der Waals surface area contributed by atoms with E-state index in [-0.39, 0.29) is 5.92 Å². The summed E-state index contributed by atoms with van der Waals surface area (Å²) in [5.41, 5.74) is 8.07. The van der Waals surface area contributed by atoms with Gasteiger partial charge >= 0.3 is 5.97 Å². The quantitative estimate of drug-likeness (QED) is 0.720. The highest BCUT2D eigenvalue weighted by Crippen LogP contribution is 2.43. The van der Waals surface area contributed by atoms with Crippen LogP contribution < -0.4 is 15.2 Å². The minimum absolute atomic E-state index is 0.0208. The Labute approximate surface area is 181 Å². The third-order valence-electron chi connectivity index (χ3n) is 6.26. The van der Waals surface area contributed by atoms with Crippen molar-refractivity contribution >= 4 is 5.97 Å². The van der Waals surface area contributed by atoms with Gasteiger partial charge in [0.05, 0.1) is 14.2 Å². The molecule has 2 unspecified atom stereocenters. The van der Waals surface area contributed by atoms with Crippen molar-refractivity contribution in [2.45, 2.75) is 65.5 Å². The van der Waals surface area contributed by atoms with Crippen LogP contribution in [0, 0.1) is 17.8 Å². The van der Waals surface area contributed by atoms with E-state index in [0.29, 0.717) is 6.04 Å². The lowest BCUT2D eigenvalue weighted by atomic mass is 9.81. The van der Waals surface area contributed by atoms with Crippen molar-refractivity contribution in [2.75, 3.05) is 27.3 Å². The number of aliphatic carboxylic acids is 1. The molecular formula is C24H40N2O4. The molecule has 0 amide bonds. The molecule has 6 heteroatoms. The van der Waals surface area contributed by atoms with Crippen molar-refractivity contribution < 1.29 is 19.4 Å². The van der Waals surface area contributed by atoms with Gasteiger partial charge in [0.25, 0.3) is 0 Å². The van der Waals surface area contributed by atoms with Crippen LogP contribution in [-0.2, 0) is 11.2 Å². The Morgan fingerprint density at radius 2 is 1.80 bits per heavy atom. The largest absolute Gasteiger partial charge is 0.493 e. The third kappa shape index (κ3) is 6.11. The fraction of sp³-hybridized carbons (Fsp3) is 0.708. The topological polar surface area (TPSA) is 85.0 Å². The maximum atomic E-state index is 10.0. The van der Waals surface area contributed by atoms with Gasteiger partial charge in [-0.15, -0.1) is 0 Å². The van der Waals surface area contributed by atoms with Gasteiger partial charge in [-0.3, -0.25) is 9.69 Å². The van der Waals surface area contributed by atoms with Gasteiger partial charge in [0.2, 0.25) is 0 Å². The van der Waals surface area contributed by atoms with E-state index in [1.54, 1.807) is 28.1 Å². The highest BCUT2D eigenvalue weighted by molar-refractivity contribution is 5.73. The van der Waals surface area contributed by atoms with Gasteiger partial charge in [-0.2, -0.15) is 0 Å². The fourth-order valence-electron chi connectivity index (χ4n) is 4.60. The SMILES string of the molecule is CC(C)C(N)C(=O)O.COc1cc2c(cc1OC)C1CC[C@H](CC(C)C)CN1CC2. The molecule has 170 valence electrons. The molecule has 3 rings (SSSR count). The van der Waals surface area contributed by atoms with Crippen LogP contribution in [0.1, 0.15) is 64.1 Å². The van der Waals surface area contributed by atoms with Crippen LogP contribution >= 0.6 is 0 Å². The molecule has 2 heterocycles. The summed E-state index contributed by atoms with van der Waals surface area (Å²) in [6.45, 7) is 10.7. The minimum atomic E-state index is -0.931. The summed E-state index contributed by atoms with van der Waals surface area (Å²) in [6, 6.07) is 4.27. The van der Waals surface area contributed by atoms with E-state index in [0.717, 1.165) is 29.8 Å². The number of carbonyl (C=O) groups is 1. The number of fused-ring (bicyclic) bond motifs is 3. The van der Waals surface area contributed by atoms with E-state index in [4.69, 9.17) is 20.3 Å². The molecule has 1 saturated heterocycles. The van der Waals surface area contributed by atoms with Crippen LogP contribution in [0.2, 0.25) is 0 Å². The van der Waals surface area contributed by atoms with Crippen LogP contribution in [0.4, 0.5) is 0 Å². The predicted octanol–water partition coefficient (Wildman–Crippen LogP) is 4.11. The molecule has 3 N–H and O–H groups in total. The predicted molar refractivity (Wildman–Crippen MR) is 120 cm³/mol. The first-order valence-corrected chi connectivity index (χ1v) is 11.1. The van der Waals surface area contributed by atoms with E-state index < -0.39 is 12.0 Å². The number of hydrogen-bond donors (Lipinski definition) is 2. The molecule has 2 aliphatic rings. The lowest BCUT2D eigenvalue weighted by Gasteiger charge is -2.44. The standard InChI is InChI=1S/C19H29NO2.C5H11NO2/c1-13(2)9-14-5-6-17-16-11-19(22-4)18(21-3)10-15(16)7-8-20(17)12-14;1-3(2)4(6)5(7)8/h10-11,13-14,17H,5-9,12H2,1-4H3;3-4H,6H2,1-2H3,(H,7,8)/t14-,17?;/m1./s1. The maximum Gasteiger partial charge on any atom is 0.320 e. The number of carboxylic acids is 1. The third-order valence-corrected chi connectivity index (χ3v) is 6.26. The first-order chi connectivity index (χ1) is 14.2. The van der Waals surface area contributed by atoms with E-state index in [1.165, 1.54) is 43.5 Å². The molecule has 0 aromatic heterocycles. The number of nitrogens with two attached hydrogens (primary N) is 1. The number of methoxy groups -OCH3 is 2. The maximum absolute atomic E-state index is 10.0. The van der Waals surface area contributed by atoms with Gasteiger partial charge in [-0.05, 0) is 66.7 Å². The second-order valence-corrected chi connectivity index (χ2v) is 9.35. The van der Waals surface area contributed by atoms with Gasteiger partial charge < -0.3 is 20.3 Å². The summed E-state index contributed by atoms with van der Waals surface area (Å²) in [5.74, 6) is 2.50. The van der Waals surface area contributed by atoms with Crippen molar-refractivity contribution in [1.82, 2.24) is 4.90 Å². The normalized spacial score (nSPS) is 21.9. The lowest BCUT2D eigenvalue weighted by Crippen LogP contribution is -2.42. The van der Waals surface area contributed by atoms with Crippen LogP contribution in [0.25, 0.3) is 0 Å². The van der Waals surface area contributed by atoms with E-state index in [1.807, 2.05) is 0 Å². The average molecular weight is 421 g/mol. The summed E-state index contributed by atoms with van der Waals surface area (Å²) in [5, 5.41) is 8.23. The summed E-state index contributed by atoms with van der Waals surface area (Å²) < 4.78 is 11.0. The van der Waals surface area contributed by atoms with Crippen molar-refractivity contribution in [3.05, 3.63) is 23.3 Å². The van der Waals surface area contributed by atoms with E-state index in [2.05, 4.69) is 30.9 Å². The Balaban J connectivity index is 0.000000343. The van der Waals surface area contributed by atoms with E-state index >= 15 is 0 Å². The molecule has 0 bridgehead atoms. The van der Waals surface area contributed by atoms with Crippen LogP contribution in [0.3, 0.4) is 0 Å². The first kappa shape index (κ1) is 24.5. The average Bonchev–Trinajstić information content (AvgIpc) is 2.71. The highest BCUT2D eigenvalue weighted by atomic mass is 16.5. The highest BCUT2D eigenvalue weighted by Gasteiger charge is 2.34. The monoisotopic (exact) mass is 420 g/mol. The number of ether oxygens (including phenoxy) is 2. The van der Waals surface area contributed by atoms with Gasteiger partial charge in [-0.1, -0.05) is 27.7 Å². The molecule has 6 nitrogen and oxygen atoms in total. The number of hydrogen-bond acceptors (Lipinski definition) is 5. The molecule has 1 aromatic rings. The lowest BCUT2D eigenvalue weighted by molar-refractivity contribution is -0.139. The second-order valence-electron chi connectivity index (χ2n) is 9.35. The Bertz CT molecular complexity index is 705. The van der Waals surface area contributed by atoms with Crippen molar-refractivity contribution in [2.24, 2.45) is 23.5 Å². The Morgan fingerprint density at radius 1 is 1.17 bits per heavy atom. The van der Waals surface area contributed by atoms with Crippen molar-refractivity contribution in [3.63, 3.8) is 0 Å². The van der Waals surface area contributed by atoms with Gasteiger partial charge in [0.1, 0.15) is 6.04 Å². The van der Waals surface area contributed by atoms with Gasteiger partial charge in [-0.25, -0.2) is 0 Å². The van der Waals surface area contributed by atoms with Gasteiger partial charge in [0.15, 0.2) is 11.5 Å². The number of piperidine rings is 1. The Kier molecular flexibility index (Phi) is 8.98. The number of benzene rings is 1. The zero-order valence-electron chi connectivity index (χ0n) is 19.5. The van der Waals surface area contributed by atoms with Gasteiger partial charge in [0, 0.05) is 19.1 Å². The molecule has 0 aliphatic carbocycles. The minimum Gasteiger partial charge on any atom is -0.493 e. The molecule has 1 aromatic carbocycles.